The van der Waals surface area contributed by atoms with Crippen molar-refractivity contribution in [1.29, 1.82) is 0 Å². The van der Waals surface area contributed by atoms with Gasteiger partial charge in [0.15, 0.2) is 6.10 Å². The van der Waals surface area contributed by atoms with E-state index in [1.54, 1.807) is 4.90 Å². The molecule has 5 nitrogen and oxygen atoms in total. The minimum absolute atomic E-state index is 0.0513. The second kappa shape index (κ2) is 6.47. The Hall–Kier alpha value is -2.25. The van der Waals surface area contributed by atoms with E-state index in [4.69, 9.17) is 4.74 Å². The van der Waals surface area contributed by atoms with Gasteiger partial charge in [-0.3, -0.25) is 9.59 Å². The van der Waals surface area contributed by atoms with E-state index >= 15 is 0 Å². The number of alkyl halides is 3. The second-order valence-corrected chi connectivity index (χ2v) is 5.41. The van der Waals surface area contributed by atoms with Gasteiger partial charge in [0.25, 0.3) is 5.91 Å². The highest BCUT2D eigenvalue weighted by atomic mass is 19.4. The van der Waals surface area contributed by atoms with Crippen LogP contribution in [0.25, 0.3) is 0 Å². The number of halogens is 3. The largest absolute Gasteiger partial charge is 0.481 e. The Kier molecular flexibility index (Phi) is 4.82. The number of benzene rings is 1. The molecule has 0 saturated carbocycles. The fraction of sp³-hybridized carbons (Fsp3) is 0.467. The topological polar surface area (TPSA) is 58.6 Å². The third kappa shape index (κ3) is 4.37. The highest BCUT2D eigenvalue weighted by molar-refractivity contribution is 5.81. The molecule has 1 N–H and O–H groups in total. The molecule has 23 heavy (non-hydrogen) atoms. The van der Waals surface area contributed by atoms with Crippen molar-refractivity contribution in [3.8, 4) is 5.75 Å². The Morgan fingerprint density at radius 2 is 1.83 bits per heavy atom. The zero-order valence-corrected chi connectivity index (χ0v) is 12.7. The predicted octanol–water partition coefficient (Wildman–Crippen LogP) is 1.82. The van der Waals surface area contributed by atoms with Gasteiger partial charge < -0.3 is 15.0 Å². The first kappa shape index (κ1) is 17.1. The zero-order valence-electron chi connectivity index (χ0n) is 12.7. The van der Waals surface area contributed by atoms with Crippen LogP contribution in [0.2, 0.25) is 0 Å². The lowest BCUT2D eigenvalue weighted by molar-refractivity contribution is -0.137. The smallest absolute Gasteiger partial charge is 0.416 e. The molecule has 1 aliphatic rings. The molecule has 1 aliphatic heterocycles. The molecule has 1 fully saturated rings. The summed E-state index contributed by atoms with van der Waals surface area (Å²) in [6, 6.07) is 4.03. The van der Waals surface area contributed by atoms with Gasteiger partial charge in [-0.25, -0.2) is 0 Å². The molecule has 0 unspecified atom stereocenters. The van der Waals surface area contributed by atoms with E-state index < -0.39 is 17.8 Å². The van der Waals surface area contributed by atoms with Gasteiger partial charge in [-0.15, -0.1) is 0 Å². The molecule has 2 rings (SSSR count). The molecule has 1 aromatic rings. The van der Waals surface area contributed by atoms with Crippen molar-refractivity contribution in [3.05, 3.63) is 29.8 Å². The molecular weight excluding hydrogens is 313 g/mol. The van der Waals surface area contributed by atoms with E-state index in [0.717, 1.165) is 12.1 Å². The van der Waals surface area contributed by atoms with Gasteiger partial charge in [-0.1, -0.05) is 0 Å². The van der Waals surface area contributed by atoms with E-state index in [0.29, 0.717) is 13.1 Å². The average Bonchev–Trinajstić information content (AvgIpc) is 2.41. The maximum atomic E-state index is 12.5. The van der Waals surface area contributed by atoms with E-state index in [9.17, 15) is 22.8 Å². The summed E-state index contributed by atoms with van der Waals surface area (Å²) in [4.78, 5) is 24.6. The first-order valence-electron chi connectivity index (χ1n) is 7.06. The quantitative estimate of drug-likeness (QED) is 0.916. The molecule has 0 radical (unpaired) electrons. The van der Waals surface area contributed by atoms with Gasteiger partial charge in [-0.2, -0.15) is 13.2 Å². The van der Waals surface area contributed by atoms with E-state index in [-0.39, 0.29) is 23.6 Å². The first-order valence-corrected chi connectivity index (χ1v) is 7.06. The summed E-state index contributed by atoms with van der Waals surface area (Å²) < 4.78 is 42.7. The van der Waals surface area contributed by atoms with Crippen LogP contribution in [-0.2, 0) is 15.8 Å². The molecular formula is C15H17F3N2O3. The number of ether oxygens (including phenoxy) is 1. The van der Waals surface area contributed by atoms with Gasteiger partial charge in [-0.05, 0) is 31.2 Å². The van der Waals surface area contributed by atoms with Crippen LogP contribution in [0.4, 0.5) is 13.2 Å². The summed E-state index contributed by atoms with van der Waals surface area (Å²) in [7, 11) is 0. The van der Waals surface area contributed by atoms with Crippen LogP contribution >= 0.6 is 0 Å². The van der Waals surface area contributed by atoms with Crippen molar-refractivity contribution in [2.24, 2.45) is 0 Å². The summed E-state index contributed by atoms with van der Waals surface area (Å²) in [5.41, 5.74) is -0.777. The molecule has 0 aliphatic carbocycles. The molecule has 8 heteroatoms. The molecule has 1 aromatic carbocycles. The molecule has 0 aromatic heterocycles. The molecule has 1 saturated heterocycles. The van der Waals surface area contributed by atoms with E-state index in [1.165, 1.54) is 26.0 Å². The summed E-state index contributed by atoms with van der Waals surface area (Å²) in [5, 5.41) is 2.72. The van der Waals surface area contributed by atoms with Crippen molar-refractivity contribution in [2.45, 2.75) is 32.2 Å². The second-order valence-electron chi connectivity index (χ2n) is 5.41. The van der Waals surface area contributed by atoms with Crippen molar-refractivity contribution >= 4 is 11.8 Å². The van der Waals surface area contributed by atoms with Crippen LogP contribution in [0.15, 0.2) is 24.3 Å². The van der Waals surface area contributed by atoms with Crippen LogP contribution in [-0.4, -0.2) is 41.9 Å². The lowest BCUT2D eigenvalue weighted by Gasteiger charge is -2.39. The SMILES string of the molecule is CC(=O)N1CC(NC(=O)[C@@H](C)Oc2ccc(C(F)(F)F)cc2)C1. The molecule has 0 bridgehead atoms. The number of hydrogen-bond acceptors (Lipinski definition) is 3. The summed E-state index contributed by atoms with van der Waals surface area (Å²) in [5.74, 6) is -0.248. The highest BCUT2D eigenvalue weighted by Gasteiger charge is 2.32. The Morgan fingerprint density at radius 3 is 2.30 bits per heavy atom. The van der Waals surface area contributed by atoms with Crippen LogP contribution in [0.1, 0.15) is 19.4 Å². The van der Waals surface area contributed by atoms with E-state index in [1.807, 2.05) is 0 Å². The van der Waals surface area contributed by atoms with Crippen LogP contribution < -0.4 is 10.1 Å². The average molecular weight is 330 g/mol. The standard InChI is InChI=1S/C15H17F3N2O3/c1-9(14(22)19-12-7-20(8-12)10(2)21)23-13-5-3-11(4-6-13)15(16,17)18/h3-6,9,12H,7-8H2,1-2H3,(H,19,22)/t9-/m1/s1. The van der Waals surface area contributed by atoms with Crippen LogP contribution in [0.5, 0.6) is 5.75 Å². The predicted molar refractivity (Wildman–Crippen MR) is 75.7 cm³/mol. The normalized spacial score (nSPS) is 16.5. The van der Waals surface area contributed by atoms with Gasteiger partial charge in [0.1, 0.15) is 5.75 Å². The third-order valence-electron chi connectivity index (χ3n) is 3.54. The minimum Gasteiger partial charge on any atom is -0.481 e. The Balaban J connectivity index is 1.83. The molecule has 126 valence electrons. The maximum Gasteiger partial charge on any atom is 0.416 e. The fourth-order valence-electron chi connectivity index (χ4n) is 2.13. The molecule has 0 spiro atoms. The zero-order chi connectivity index (χ0) is 17.2. The van der Waals surface area contributed by atoms with Crippen LogP contribution in [0.3, 0.4) is 0 Å². The summed E-state index contributed by atoms with van der Waals surface area (Å²) in [6.07, 6.45) is -5.26. The van der Waals surface area contributed by atoms with Crippen molar-refractivity contribution in [1.82, 2.24) is 10.2 Å². The Morgan fingerprint density at radius 1 is 1.26 bits per heavy atom. The van der Waals surface area contributed by atoms with Crippen LogP contribution in [0, 0.1) is 0 Å². The summed E-state index contributed by atoms with van der Waals surface area (Å²) >= 11 is 0. The molecule has 1 atom stereocenters. The lowest BCUT2D eigenvalue weighted by Crippen LogP contribution is -2.61. The fourth-order valence-corrected chi connectivity index (χ4v) is 2.13. The third-order valence-corrected chi connectivity index (χ3v) is 3.54. The van der Waals surface area contributed by atoms with Crippen molar-refractivity contribution < 1.29 is 27.5 Å². The Bertz CT molecular complexity index is 581. The monoisotopic (exact) mass is 330 g/mol. The van der Waals surface area contributed by atoms with Gasteiger partial charge in [0.2, 0.25) is 5.91 Å². The number of hydrogen-bond donors (Lipinski definition) is 1. The van der Waals surface area contributed by atoms with Gasteiger partial charge in [0.05, 0.1) is 11.6 Å². The number of likely N-dealkylation sites (tertiary alicyclic amines) is 1. The van der Waals surface area contributed by atoms with E-state index in [2.05, 4.69) is 5.32 Å². The number of amides is 2. The number of rotatable bonds is 4. The number of nitrogens with one attached hydrogen (secondary N) is 1. The first-order chi connectivity index (χ1) is 10.7. The van der Waals surface area contributed by atoms with Crippen molar-refractivity contribution in [2.75, 3.05) is 13.1 Å². The molecule has 1 heterocycles. The Labute approximate surface area is 131 Å². The summed E-state index contributed by atoms with van der Waals surface area (Å²) in [6.45, 7) is 3.87. The maximum absolute atomic E-state index is 12.5. The lowest BCUT2D eigenvalue weighted by atomic mass is 10.1. The van der Waals surface area contributed by atoms with Gasteiger partial charge >= 0.3 is 6.18 Å². The van der Waals surface area contributed by atoms with Crippen molar-refractivity contribution in [3.63, 3.8) is 0 Å². The highest BCUT2D eigenvalue weighted by Crippen LogP contribution is 2.30. The van der Waals surface area contributed by atoms with Gasteiger partial charge in [0, 0.05) is 20.0 Å². The molecule has 2 amide bonds. The minimum atomic E-state index is -4.41. The number of carbonyl (C=O) groups excluding carboxylic acids is 2. The number of carbonyl (C=O) groups is 2. The number of nitrogens with zero attached hydrogens (tertiary/aromatic N) is 1.